The van der Waals surface area contributed by atoms with Crippen molar-refractivity contribution in [2.75, 3.05) is 18.0 Å². The highest BCUT2D eigenvalue weighted by atomic mass is 16.6. The van der Waals surface area contributed by atoms with E-state index in [9.17, 15) is 9.90 Å². The smallest absolute Gasteiger partial charge is 0.410 e. The average Bonchev–Trinajstić information content (AvgIpc) is 3.39. The van der Waals surface area contributed by atoms with Gasteiger partial charge in [0.15, 0.2) is 11.1 Å². The molecule has 1 amide bonds. The highest BCUT2D eigenvalue weighted by molar-refractivity contribution is 5.88. The Morgan fingerprint density at radius 2 is 1.83 bits per heavy atom. The summed E-state index contributed by atoms with van der Waals surface area (Å²) in [5.41, 5.74) is 0.856. The van der Waals surface area contributed by atoms with Crippen molar-refractivity contribution in [3.05, 3.63) is 24.5 Å². The molecule has 158 valence electrons. The monoisotopic (exact) mass is 412 g/mol. The van der Waals surface area contributed by atoms with E-state index in [1.54, 1.807) is 24.5 Å². The predicted molar refractivity (Wildman–Crippen MR) is 108 cm³/mol. The van der Waals surface area contributed by atoms with Crippen LogP contribution in [-0.2, 0) is 4.74 Å². The van der Waals surface area contributed by atoms with Gasteiger partial charge in [-0.15, -0.1) is 4.80 Å². The van der Waals surface area contributed by atoms with Gasteiger partial charge in [0, 0.05) is 13.1 Å². The molecule has 5 rings (SSSR count). The predicted octanol–water partition coefficient (Wildman–Crippen LogP) is 2.70. The normalized spacial score (nSPS) is 21.4. The second-order valence-corrected chi connectivity index (χ2v) is 8.77. The fraction of sp³-hybridized carbons (Fsp3) is 0.500. The molecular formula is C20H24N6O4. The maximum absolute atomic E-state index is 12.7. The Morgan fingerprint density at radius 1 is 1.17 bits per heavy atom. The molecule has 4 heterocycles. The van der Waals surface area contributed by atoms with Crippen LogP contribution in [0.1, 0.15) is 33.6 Å². The van der Waals surface area contributed by atoms with Crippen LogP contribution in [0.3, 0.4) is 0 Å². The number of carbonyl (C=O) groups is 1. The van der Waals surface area contributed by atoms with E-state index in [2.05, 4.69) is 15.2 Å². The second kappa shape index (κ2) is 6.61. The number of hydrogen-bond donors (Lipinski definition) is 1. The molecule has 2 unspecified atom stereocenters. The number of hydrogen-bond acceptors (Lipinski definition) is 8. The van der Waals surface area contributed by atoms with Gasteiger partial charge in [-0.2, -0.15) is 15.2 Å². The number of benzene rings is 1. The van der Waals surface area contributed by atoms with Gasteiger partial charge < -0.3 is 19.2 Å². The molecule has 10 heteroatoms. The van der Waals surface area contributed by atoms with Crippen molar-refractivity contribution in [1.82, 2.24) is 24.9 Å². The maximum Gasteiger partial charge on any atom is 0.410 e. The summed E-state index contributed by atoms with van der Waals surface area (Å²) in [4.78, 5) is 22.5. The number of piperazine rings is 1. The van der Waals surface area contributed by atoms with Gasteiger partial charge in [0.1, 0.15) is 17.0 Å². The van der Waals surface area contributed by atoms with Crippen molar-refractivity contribution < 1.29 is 19.1 Å². The molecule has 1 N–H and O–H groups in total. The highest BCUT2D eigenvalue weighted by Gasteiger charge is 2.45. The molecule has 2 aliphatic rings. The summed E-state index contributed by atoms with van der Waals surface area (Å²) < 4.78 is 11.7. The number of fused-ring (bicyclic) bond motifs is 3. The third kappa shape index (κ3) is 3.12. The summed E-state index contributed by atoms with van der Waals surface area (Å²) in [7, 11) is 0. The van der Waals surface area contributed by atoms with Gasteiger partial charge in [0.05, 0.1) is 24.5 Å². The zero-order valence-electron chi connectivity index (χ0n) is 17.1. The molecule has 1 aromatic carbocycles. The van der Waals surface area contributed by atoms with E-state index in [1.807, 2.05) is 30.6 Å². The quantitative estimate of drug-likeness (QED) is 0.684. The van der Waals surface area contributed by atoms with Crippen LogP contribution in [0.25, 0.3) is 16.8 Å². The topological polar surface area (TPSA) is 110 Å². The lowest BCUT2D eigenvalue weighted by atomic mass is 10.2. The zero-order valence-corrected chi connectivity index (χ0v) is 17.1. The van der Waals surface area contributed by atoms with E-state index in [0.29, 0.717) is 35.9 Å². The van der Waals surface area contributed by atoms with Gasteiger partial charge in [0.2, 0.25) is 0 Å². The van der Waals surface area contributed by atoms with Crippen molar-refractivity contribution in [3.8, 4) is 11.4 Å². The van der Waals surface area contributed by atoms with Gasteiger partial charge >= 0.3 is 6.09 Å². The minimum absolute atomic E-state index is 0.0336. The highest BCUT2D eigenvalue weighted by Crippen LogP contribution is 2.37. The molecule has 0 radical (unpaired) electrons. The summed E-state index contributed by atoms with van der Waals surface area (Å²) >= 11 is 0. The van der Waals surface area contributed by atoms with Crippen LogP contribution in [0.2, 0.25) is 0 Å². The first-order valence-corrected chi connectivity index (χ1v) is 10.1. The SMILES string of the molecule is CC(C)(C)OC(=O)N1C2CCC1CN(c1nc3c(O)ccc(-n4nccn4)c3o1)C2. The molecule has 2 aliphatic heterocycles. The van der Waals surface area contributed by atoms with Crippen LogP contribution in [-0.4, -0.2) is 66.9 Å². The number of amides is 1. The van der Waals surface area contributed by atoms with Crippen molar-refractivity contribution in [1.29, 1.82) is 0 Å². The summed E-state index contributed by atoms with van der Waals surface area (Å²) in [6.45, 7) is 6.82. The van der Waals surface area contributed by atoms with Crippen LogP contribution in [0.4, 0.5) is 10.8 Å². The molecule has 3 aromatic rings. The van der Waals surface area contributed by atoms with E-state index in [-0.39, 0.29) is 23.9 Å². The van der Waals surface area contributed by atoms with Gasteiger partial charge in [-0.05, 0) is 45.7 Å². The maximum atomic E-state index is 12.7. The molecule has 0 aliphatic carbocycles. The van der Waals surface area contributed by atoms with Crippen molar-refractivity contribution in [2.24, 2.45) is 0 Å². The molecular weight excluding hydrogens is 388 g/mol. The van der Waals surface area contributed by atoms with E-state index >= 15 is 0 Å². The Kier molecular flexibility index (Phi) is 4.12. The molecule has 2 aromatic heterocycles. The molecule has 2 bridgehead atoms. The largest absolute Gasteiger partial charge is 0.506 e. The summed E-state index contributed by atoms with van der Waals surface area (Å²) in [6, 6.07) is 3.73. The van der Waals surface area contributed by atoms with Crippen LogP contribution in [0.15, 0.2) is 28.9 Å². The van der Waals surface area contributed by atoms with Gasteiger partial charge in [-0.25, -0.2) is 4.79 Å². The fourth-order valence-corrected chi connectivity index (χ4v) is 4.27. The summed E-state index contributed by atoms with van der Waals surface area (Å²) in [6.07, 6.45) is 4.70. The Labute approximate surface area is 173 Å². The number of nitrogens with zero attached hydrogens (tertiary/aromatic N) is 6. The van der Waals surface area contributed by atoms with E-state index in [4.69, 9.17) is 9.15 Å². The van der Waals surface area contributed by atoms with Crippen molar-refractivity contribution >= 4 is 23.2 Å². The van der Waals surface area contributed by atoms with E-state index in [0.717, 1.165) is 12.8 Å². The molecule has 2 fully saturated rings. The second-order valence-electron chi connectivity index (χ2n) is 8.77. The van der Waals surface area contributed by atoms with Gasteiger partial charge in [-0.1, -0.05) is 0 Å². The number of phenols is 1. The lowest BCUT2D eigenvalue weighted by molar-refractivity contribution is 0.0120. The number of ether oxygens (including phenoxy) is 1. The number of aromatic nitrogens is 4. The summed E-state index contributed by atoms with van der Waals surface area (Å²) in [5, 5.41) is 18.6. The summed E-state index contributed by atoms with van der Waals surface area (Å²) in [5.74, 6) is 0.0336. The zero-order chi connectivity index (χ0) is 21.0. The van der Waals surface area contributed by atoms with Gasteiger partial charge in [-0.3, -0.25) is 4.90 Å². The number of rotatable bonds is 2. The molecule has 0 saturated carbocycles. The fourth-order valence-electron chi connectivity index (χ4n) is 4.27. The molecule has 2 saturated heterocycles. The molecule has 30 heavy (non-hydrogen) atoms. The molecule has 0 spiro atoms. The first kappa shape index (κ1) is 18.7. The number of carbonyl (C=O) groups excluding carboxylic acids is 1. The first-order chi connectivity index (χ1) is 14.3. The average molecular weight is 412 g/mol. The lowest BCUT2D eigenvalue weighted by Crippen LogP contribution is -2.56. The number of aromatic hydroxyl groups is 1. The Morgan fingerprint density at radius 3 is 2.47 bits per heavy atom. The van der Waals surface area contributed by atoms with Crippen molar-refractivity contribution in [2.45, 2.75) is 51.3 Å². The van der Waals surface area contributed by atoms with Crippen LogP contribution >= 0.6 is 0 Å². The van der Waals surface area contributed by atoms with Gasteiger partial charge in [0.25, 0.3) is 6.01 Å². The van der Waals surface area contributed by atoms with Crippen LogP contribution in [0.5, 0.6) is 5.75 Å². The number of anilines is 1. The molecule has 10 nitrogen and oxygen atoms in total. The lowest BCUT2D eigenvalue weighted by Gasteiger charge is -2.40. The first-order valence-electron chi connectivity index (χ1n) is 10.1. The third-order valence-electron chi connectivity index (χ3n) is 5.48. The third-order valence-corrected chi connectivity index (χ3v) is 5.48. The standard InChI is InChI=1S/C20H24N6O4/c1-20(2,3)30-19(28)25-12-4-5-13(25)11-24(10-12)18-23-16-15(27)7-6-14(17(16)29-18)26-21-8-9-22-26/h6-9,12-13,27H,4-5,10-11H2,1-3H3. The minimum Gasteiger partial charge on any atom is -0.506 e. The van der Waals surface area contributed by atoms with E-state index < -0.39 is 5.60 Å². The van der Waals surface area contributed by atoms with Crippen molar-refractivity contribution in [3.63, 3.8) is 0 Å². The van der Waals surface area contributed by atoms with E-state index in [1.165, 1.54) is 4.80 Å². The Bertz CT molecular complexity index is 1070. The van der Waals surface area contributed by atoms with Crippen LogP contribution in [0, 0.1) is 0 Å². The Balaban J connectivity index is 1.43. The number of phenolic OH excluding ortho intramolecular Hbond substituents is 1. The Hall–Kier alpha value is -3.30. The molecule has 2 atom stereocenters. The minimum atomic E-state index is -0.525. The number of oxazole rings is 1. The van der Waals surface area contributed by atoms with Crippen LogP contribution < -0.4 is 4.90 Å².